The van der Waals surface area contributed by atoms with E-state index in [0.29, 0.717) is 0 Å². The Labute approximate surface area is 268 Å². The van der Waals surface area contributed by atoms with Gasteiger partial charge in [0.05, 0.1) is 0 Å². The molecular formula is C40H26Br2Si. The summed E-state index contributed by atoms with van der Waals surface area (Å²) >= 11 is 8.10. The van der Waals surface area contributed by atoms with Crippen molar-refractivity contribution in [2.75, 3.05) is 0 Å². The van der Waals surface area contributed by atoms with E-state index in [-0.39, 0.29) is 0 Å². The SMILES string of the molecule is Brc1c2ccccc2c([Si](c2ccccc2)(c2ccccc2)c2c3ccccc3c(Br)c3ccccc23)c2ccccc12. The van der Waals surface area contributed by atoms with Crippen molar-refractivity contribution < 1.29 is 0 Å². The average molecular weight is 695 g/mol. The predicted octanol–water partition coefficient (Wildman–Crippen LogP) is 9.20. The summed E-state index contributed by atoms with van der Waals surface area (Å²) in [6.45, 7) is 0. The third kappa shape index (κ3) is 3.92. The Kier molecular flexibility index (Phi) is 6.56. The fourth-order valence-corrected chi connectivity index (χ4v) is 14.2. The van der Waals surface area contributed by atoms with Crippen molar-refractivity contribution in [3.05, 3.63) is 167 Å². The summed E-state index contributed by atoms with van der Waals surface area (Å²) in [5, 5.41) is 15.7. The molecule has 0 aliphatic rings. The molecule has 0 fully saturated rings. The zero-order valence-electron chi connectivity index (χ0n) is 23.3. The minimum absolute atomic E-state index is 1.15. The lowest BCUT2D eigenvalue weighted by Gasteiger charge is -2.38. The minimum Gasteiger partial charge on any atom is -0.0623 e. The Morgan fingerprint density at radius 2 is 0.512 bits per heavy atom. The van der Waals surface area contributed by atoms with Crippen LogP contribution in [0.4, 0.5) is 0 Å². The molecule has 8 aromatic rings. The van der Waals surface area contributed by atoms with E-state index in [1.165, 1.54) is 63.8 Å². The predicted molar refractivity (Wildman–Crippen MR) is 195 cm³/mol. The molecule has 0 aliphatic heterocycles. The highest BCUT2D eigenvalue weighted by Crippen LogP contribution is 2.37. The zero-order valence-corrected chi connectivity index (χ0v) is 27.4. The molecule has 0 heterocycles. The lowest BCUT2D eigenvalue weighted by molar-refractivity contribution is 1.69. The fraction of sp³-hybridized carbons (Fsp3) is 0. The number of halogens is 2. The summed E-state index contributed by atoms with van der Waals surface area (Å²) in [6.07, 6.45) is 0. The van der Waals surface area contributed by atoms with Crippen LogP contribution in [0.25, 0.3) is 43.1 Å². The van der Waals surface area contributed by atoms with Gasteiger partial charge in [-0.2, -0.15) is 0 Å². The van der Waals surface area contributed by atoms with E-state index in [1.807, 2.05) is 0 Å². The molecule has 0 bridgehead atoms. The summed E-state index contributed by atoms with van der Waals surface area (Å²) < 4.78 is 2.30. The number of fused-ring (bicyclic) bond motifs is 4. The van der Waals surface area contributed by atoms with Crippen LogP contribution in [0.2, 0.25) is 0 Å². The van der Waals surface area contributed by atoms with Crippen molar-refractivity contribution in [2.24, 2.45) is 0 Å². The van der Waals surface area contributed by atoms with Gasteiger partial charge in [0.2, 0.25) is 0 Å². The molecule has 0 aromatic heterocycles. The van der Waals surface area contributed by atoms with Crippen LogP contribution >= 0.6 is 31.9 Å². The Morgan fingerprint density at radius 3 is 0.791 bits per heavy atom. The largest absolute Gasteiger partial charge is 0.182 e. The average Bonchev–Trinajstić information content (AvgIpc) is 3.08. The van der Waals surface area contributed by atoms with Gasteiger partial charge in [-0.3, -0.25) is 0 Å². The number of hydrogen-bond acceptors (Lipinski definition) is 0. The van der Waals surface area contributed by atoms with E-state index in [9.17, 15) is 0 Å². The van der Waals surface area contributed by atoms with Crippen molar-refractivity contribution in [1.29, 1.82) is 0 Å². The van der Waals surface area contributed by atoms with Crippen molar-refractivity contribution in [3.8, 4) is 0 Å². The van der Waals surface area contributed by atoms with E-state index < -0.39 is 8.07 Å². The molecule has 0 N–H and O–H groups in total. The van der Waals surface area contributed by atoms with Crippen LogP contribution in [0.5, 0.6) is 0 Å². The summed E-state index contributed by atoms with van der Waals surface area (Å²) in [6, 6.07) is 58.4. The molecule has 0 aliphatic carbocycles. The molecule has 0 unspecified atom stereocenters. The van der Waals surface area contributed by atoms with E-state index in [0.717, 1.165) is 8.95 Å². The van der Waals surface area contributed by atoms with Crippen molar-refractivity contribution >= 4 is 104 Å². The summed E-state index contributed by atoms with van der Waals surface area (Å²) in [7, 11) is -3.05. The van der Waals surface area contributed by atoms with Gasteiger partial charge in [0.25, 0.3) is 0 Å². The van der Waals surface area contributed by atoms with Crippen molar-refractivity contribution in [3.63, 3.8) is 0 Å². The zero-order chi connectivity index (χ0) is 29.0. The maximum Gasteiger partial charge on any atom is 0.182 e. The van der Waals surface area contributed by atoms with E-state index in [4.69, 9.17) is 0 Å². The smallest absolute Gasteiger partial charge is 0.0623 e. The minimum atomic E-state index is -3.05. The van der Waals surface area contributed by atoms with Crippen LogP contribution in [0.1, 0.15) is 0 Å². The standard InChI is InChI=1S/C40H26Br2Si/c41-37-29-19-7-11-23-33(29)39(34-24-12-8-20-30(34)37)43(27-15-3-1-4-16-27,28-17-5-2-6-18-28)40-35-25-13-9-21-31(35)38(42)32-22-10-14-26-36(32)40/h1-26H. The molecule has 0 nitrogen and oxygen atoms in total. The Morgan fingerprint density at radius 1 is 0.279 bits per heavy atom. The Balaban J connectivity index is 1.76. The first-order chi connectivity index (χ1) is 21.2. The van der Waals surface area contributed by atoms with Crippen LogP contribution in [0, 0.1) is 0 Å². The van der Waals surface area contributed by atoms with Gasteiger partial charge in [0, 0.05) is 8.95 Å². The van der Waals surface area contributed by atoms with Crippen molar-refractivity contribution in [2.45, 2.75) is 0 Å². The highest BCUT2D eigenvalue weighted by Gasteiger charge is 2.46. The topological polar surface area (TPSA) is 0 Å². The van der Waals surface area contributed by atoms with E-state index in [1.54, 1.807) is 0 Å². The molecule has 0 spiro atoms. The molecule has 0 amide bonds. The normalized spacial score (nSPS) is 12.0. The molecule has 204 valence electrons. The molecule has 43 heavy (non-hydrogen) atoms. The lowest BCUT2D eigenvalue weighted by atomic mass is 10.0. The summed E-state index contributed by atoms with van der Waals surface area (Å²) in [5.41, 5.74) is 0. The first-order valence-corrected chi connectivity index (χ1v) is 18.1. The van der Waals surface area contributed by atoms with Gasteiger partial charge in [0.15, 0.2) is 8.07 Å². The van der Waals surface area contributed by atoms with Gasteiger partial charge in [-0.15, -0.1) is 0 Å². The van der Waals surface area contributed by atoms with Crippen LogP contribution in [0.15, 0.2) is 167 Å². The van der Waals surface area contributed by atoms with Gasteiger partial charge >= 0.3 is 0 Å². The van der Waals surface area contributed by atoms with Crippen molar-refractivity contribution in [1.82, 2.24) is 0 Å². The quantitative estimate of drug-likeness (QED) is 0.0980. The second-order valence-corrected chi connectivity index (χ2v) is 16.3. The number of benzene rings is 8. The first kappa shape index (κ1) is 26.6. The van der Waals surface area contributed by atoms with Gasteiger partial charge in [-0.05, 0) is 95.7 Å². The van der Waals surface area contributed by atoms with Gasteiger partial charge < -0.3 is 0 Å². The highest BCUT2D eigenvalue weighted by molar-refractivity contribution is 9.11. The second kappa shape index (κ2) is 10.6. The molecular weight excluding hydrogens is 668 g/mol. The third-order valence-electron chi connectivity index (χ3n) is 8.90. The molecule has 8 aromatic carbocycles. The van der Waals surface area contributed by atoms with Crippen LogP contribution in [-0.4, -0.2) is 8.07 Å². The van der Waals surface area contributed by atoms with Crippen LogP contribution in [0.3, 0.4) is 0 Å². The van der Waals surface area contributed by atoms with Gasteiger partial charge in [0.1, 0.15) is 0 Å². The molecule has 8 rings (SSSR count). The van der Waals surface area contributed by atoms with Gasteiger partial charge in [-0.25, -0.2) is 0 Å². The fourth-order valence-electron chi connectivity index (χ4n) is 7.20. The van der Waals surface area contributed by atoms with Crippen LogP contribution in [-0.2, 0) is 0 Å². The third-order valence-corrected chi connectivity index (χ3v) is 15.6. The monoisotopic (exact) mass is 692 g/mol. The van der Waals surface area contributed by atoms with Crippen LogP contribution < -0.4 is 20.7 Å². The summed E-state index contributed by atoms with van der Waals surface area (Å²) in [4.78, 5) is 0. The molecule has 3 heteroatoms. The number of rotatable bonds is 4. The summed E-state index contributed by atoms with van der Waals surface area (Å²) in [5.74, 6) is 0. The van der Waals surface area contributed by atoms with E-state index in [2.05, 4.69) is 190 Å². The molecule has 0 saturated heterocycles. The molecule has 0 radical (unpaired) electrons. The Hall–Kier alpha value is -4.02. The second-order valence-electron chi connectivity index (χ2n) is 11.0. The lowest BCUT2D eigenvalue weighted by Crippen LogP contribution is -2.75. The molecule has 0 atom stereocenters. The number of hydrogen-bond donors (Lipinski definition) is 0. The first-order valence-electron chi connectivity index (χ1n) is 14.5. The maximum absolute atomic E-state index is 4.05. The highest BCUT2D eigenvalue weighted by atomic mass is 79.9. The Bertz CT molecular complexity index is 2030. The molecule has 0 saturated carbocycles. The van der Waals surface area contributed by atoms with Gasteiger partial charge in [-0.1, -0.05) is 158 Å². The maximum atomic E-state index is 4.05. The van der Waals surface area contributed by atoms with E-state index >= 15 is 0 Å².